The van der Waals surface area contributed by atoms with E-state index in [2.05, 4.69) is 15.9 Å². The number of methoxy groups -OCH3 is 1. The average Bonchev–Trinajstić information content (AvgIpc) is 2.40. The maximum Gasteiger partial charge on any atom is 0.338 e. The van der Waals surface area contributed by atoms with Crippen LogP contribution >= 0.6 is 15.9 Å². The van der Waals surface area contributed by atoms with Crippen LogP contribution in [-0.2, 0) is 14.2 Å². The number of carbonyl (C=O) groups excluding carboxylic acids is 1. The molecule has 0 aliphatic carbocycles. The van der Waals surface area contributed by atoms with Crippen LogP contribution in [0.1, 0.15) is 16.8 Å². The van der Waals surface area contributed by atoms with Gasteiger partial charge >= 0.3 is 5.97 Å². The molecule has 0 saturated heterocycles. The molecule has 106 valence electrons. The van der Waals surface area contributed by atoms with Crippen LogP contribution in [0.2, 0.25) is 0 Å². The minimum absolute atomic E-state index is 0.327. The van der Waals surface area contributed by atoms with Crippen molar-refractivity contribution in [3.05, 3.63) is 28.2 Å². The van der Waals surface area contributed by atoms with E-state index in [0.717, 1.165) is 0 Å². The van der Waals surface area contributed by atoms with E-state index in [1.54, 1.807) is 25.3 Å². The first-order valence-corrected chi connectivity index (χ1v) is 6.73. The summed E-state index contributed by atoms with van der Waals surface area (Å²) in [5.74, 6) is -0.363. The number of hydrogen-bond donors (Lipinski definition) is 1. The Morgan fingerprint density at radius 1 is 1.26 bits per heavy atom. The Morgan fingerprint density at radius 3 is 2.74 bits per heavy atom. The summed E-state index contributed by atoms with van der Waals surface area (Å²) in [6.45, 7) is 1.99. The van der Waals surface area contributed by atoms with Gasteiger partial charge in [-0.1, -0.05) is 0 Å². The molecular formula is C13H18BrNO4. The molecule has 0 saturated carbocycles. The van der Waals surface area contributed by atoms with Crippen LogP contribution in [0.5, 0.6) is 0 Å². The Hall–Kier alpha value is -1.11. The third-order valence-electron chi connectivity index (χ3n) is 2.33. The molecule has 0 amide bonds. The Balaban J connectivity index is 2.22. The number of halogens is 1. The van der Waals surface area contributed by atoms with Gasteiger partial charge in [-0.25, -0.2) is 4.79 Å². The summed E-state index contributed by atoms with van der Waals surface area (Å²) < 4.78 is 15.9. The standard InChI is InChI=1S/C13H18BrNO4/c1-17-7-8-18-5-2-6-19-13(16)10-3-4-12(15)11(14)9-10/h3-4,9H,2,5-8,15H2,1H3. The molecule has 1 aromatic carbocycles. The number of nitrogen functional groups attached to an aromatic ring is 1. The molecule has 1 rings (SSSR count). The second-order valence-electron chi connectivity index (χ2n) is 3.83. The van der Waals surface area contributed by atoms with E-state index < -0.39 is 0 Å². The minimum Gasteiger partial charge on any atom is -0.462 e. The van der Waals surface area contributed by atoms with E-state index in [-0.39, 0.29) is 5.97 Å². The molecular weight excluding hydrogens is 314 g/mol. The van der Waals surface area contributed by atoms with Crippen LogP contribution in [0, 0.1) is 0 Å². The summed E-state index contributed by atoms with van der Waals surface area (Å²) in [4.78, 5) is 11.7. The van der Waals surface area contributed by atoms with Crippen LogP contribution in [-0.4, -0.2) is 39.5 Å². The van der Waals surface area contributed by atoms with Crippen molar-refractivity contribution >= 4 is 27.6 Å². The van der Waals surface area contributed by atoms with Gasteiger partial charge in [-0.05, 0) is 34.1 Å². The summed E-state index contributed by atoms with van der Waals surface area (Å²) >= 11 is 3.27. The number of ether oxygens (including phenoxy) is 3. The molecule has 0 unspecified atom stereocenters. The van der Waals surface area contributed by atoms with Crippen LogP contribution in [0.3, 0.4) is 0 Å². The molecule has 19 heavy (non-hydrogen) atoms. The predicted octanol–water partition coefficient (Wildman–Crippen LogP) is 2.24. The van der Waals surface area contributed by atoms with Gasteiger partial charge in [-0.3, -0.25) is 0 Å². The first kappa shape index (κ1) is 15.9. The van der Waals surface area contributed by atoms with Crippen molar-refractivity contribution in [3.8, 4) is 0 Å². The number of anilines is 1. The second kappa shape index (κ2) is 8.90. The number of rotatable bonds is 8. The van der Waals surface area contributed by atoms with Crippen LogP contribution in [0.15, 0.2) is 22.7 Å². The Bertz CT molecular complexity index is 412. The summed E-state index contributed by atoms with van der Waals surface area (Å²) in [5.41, 5.74) is 6.70. The zero-order valence-electron chi connectivity index (χ0n) is 10.9. The van der Waals surface area contributed by atoms with Crippen LogP contribution in [0.25, 0.3) is 0 Å². The van der Waals surface area contributed by atoms with E-state index in [0.29, 0.717) is 48.6 Å². The maximum atomic E-state index is 11.7. The smallest absolute Gasteiger partial charge is 0.338 e. The van der Waals surface area contributed by atoms with Gasteiger partial charge in [0.05, 0.1) is 25.4 Å². The molecule has 6 heteroatoms. The SMILES string of the molecule is COCCOCCCOC(=O)c1ccc(N)c(Br)c1. The molecule has 5 nitrogen and oxygen atoms in total. The summed E-state index contributed by atoms with van der Waals surface area (Å²) in [6, 6.07) is 4.94. The number of benzene rings is 1. The molecule has 0 atom stereocenters. The maximum absolute atomic E-state index is 11.7. The van der Waals surface area contributed by atoms with Crippen molar-refractivity contribution < 1.29 is 19.0 Å². The third kappa shape index (κ3) is 6.04. The highest BCUT2D eigenvalue weighted by atomic mass is 79.9. The first-order valence-electron chi connectivity index (χ1n) is 5.94. The van der Waals surface area contributed by atoms with Crippen molar-refractivity contribution in [2.45, 2.75) is 6.42 Å². The fourth-order valence-corrected chi connectivity index (χ4v) is 1.69. The van der Waals surface area contributed by atoms with Gasteiger partial charge in [0.2, 0.25) is 0 Å². The largest absolute Gasteiger partial charge is 0.462 e. The topological polar surface area (TPSA) is 70.8 Å². The van der Waals surface area contributed by atoms with E-state index in [1.807, 2.05) is 0 Å². The van der Waals surface area contributed by atoms with Gasteiger partial charge in [-0.2, -0.15) is 0 Å². The highest BCUT2D eigenvalue weighted by Gasteiger charge is 2.08. The monoisotopic (exact) mass is 331 g/mol. The molecule has 0 aliphatic rings. The van der Waals surface area contributed by atoms with Gasteiger partial charge in [-0.15, -0.1) is 0 Å². The quantitative estimate of drug-likeness (QED) is 0.449. The Morgan fingerprint density at radius 2 is 2.05 bits per heavy atom. The van der Waals surface area contributed by atoms with Crippen molar-refractivity contribution in [3.63, 3.8) is 0 Å². The summed E-state index contributed by atoms with van der Waals surface area (Å²) in [5, 5.41) is 0. The van der Waals surface area contributed by atoms with Gasteiger partial charge < -0.3 is 19.9 Å². The Labute approximate surface area is 121 Å². The minimum atomic E-state index is -0.363. The van der Waals surface area contributed by atoms with Gasteiger partial charge in [0.25, 0.3) is 0 Å². The van der Waals surface area contributed by atoms with E-state index >= 15 is 0 Å². The average molecular weight is 332 g/mol. The number of nitrogens with two attached hydrogens (primary N) is 1. The molecule has 0 bridgehead atoms. The first-order chi connectivity index (χ1) is 9.15. The van der Waals surface area contributed by atoms with Gasteiger partial charge in [0.15, 0.2) is 0 Å². The lowest BCUT2D eigenvalue weighted by atomic mass is 10.2. The molecule has 0 radical (unpaired) electrons. The van der Waals surface area contributed by atoms with Gasteiger partial charge in [0, 0.05) is 30.3 Å². The lowest BCUT2D eigenvalue weighted by molar-refractivity contribution is 0.0385. The van der Waals surface area contributed by atoms with Crippen LogP contribution in [0.4, 0.5) is 5.69 Å². The molecule has 0 aromatic heterocycles. The van der Waals surface area contributed by atoms with Gasteiger partial charge in [0.1, 0.15) is 0 Å². The molecule has 0 aliphatic heterocycles. The highest BCUT2D eigenvalue weighted by molar-refractivity contribution is 9.10. The molecule has 2 N–H and O–H groups in total. The lowest BCUT2D eigenvalue weighted by Gasteiger charge is -2.06. The summed E-state index contributed by atoms with van der Waals surface area (Å²) in [6.07, 6.45) is 0.658. The number of carbonyl (C=O) groups is 1. The molecule has 0 heterocycles. The van der Waals surface area contributed by atoms with Crippen LogP contribution < -0.4 is 5.73 Å². The molecule has 1 aromatic rings. The number of esters is 1. The second-order valence-corrected chi connectivity index (χ2v) is 4.69. The fraction of sp³-hybridized carbons (Fsp3) is 0.462. The summed E-state index contributed by atoms with van der Waals surface area (Å²) in [7, 11) is 1.62. The third-order valence-corrected chi connectivity index (χ3v) is 3.02. The van der Waals surface area contributed by atoms with Crippen molar-refractivity contribution in [1.29, 1.82) is 0 Å². The zero-order valence-corrected chi connectivity index (χ0v) is 12.4. The van der Waals surface area contributed by atoms with E-state index in [1.165, 1.54) is 0 Å². The fourth-order valence-electron chi connectivity index (χ4n) is 1.31. The normalized spacial score (nSPS) is 10.4. The number of hydrogen-bond acceptors (Lipinski definition) is 5. The van der Waals surface area contributed by atoms with Crippen molar-refractivity contribution in [2.24, 2.45) is 0 Å². The lowest BCUT2D eigenvalue weighted by Crippen LogP contribution is -2.10. The van der Waals surface area contributed by atoms with E-state index in [4.69, 9.17) is 19.9 Å². The predicted molar refractivity (Wildman–Crippen MR) is 76.1 cm³/mol. The van der Waals surface area contributed by atoms with Crippen molar-refractivity contribution in [1.82, 2.24) is 0 Å². The molecule has 0 fully saturated rings. The Kier molecular flexibility index (Phi) is 7.47. The van der Waals surface area contributed by atoms with E-state index in [9.17, 15) is 4.79 Å². The van der Waals surface area contributed by atoms with Crippen molar-refractivity contribution in [2.75, 3.05) is 39.3 Å². The highest BCUT2D eigenvalue weighted by Crippen LogP contribution is 2.20. The zero-order chi connectivity index (χ0) is 14.1. The molecule has 0 spiro atoms.